The fourth-order valence-electron chi connectivity index (χ4n) is 2.36. The average Bonchev–Trinajstić information content (AvgIpc) is 3.01. The average molecular weight is 330 g/mol. The number of halogens is 1. The molecular formula is C17H15FN2O4. The molecule has 124 valence electrons. The summed E-state index contributed by atoms with van der Waals surface area (Å²) in [7, 11) is 0. The smallest absolute Gasteiger partial charge is 0.244 e. The van der Waals surface area contributed by atoms with Crippen molar-refractivity contribution in [3.63, 3.8) is 0 Å². The summed E-state index contributed by atoms with van der Waals surface area (Å²) in [5, 5.41) is 2.66. The van der Waals surface area contributed by atoms with Gasteiger partial charge in [-0.25, -0.2) is 4.39 Å². The number of benzene rings is 2. The minimum absolute atomic E-state index is 0.0610. The lowest BCUT2D eigenvalue weighted by Crippen LogP contribution is -2.37. The van der Waals surface area contributed by atoms with Crippen molar-refractivity contribution in [3.8, 4) is 11.5 Å². The van der Waals surface area contributed by atoms with Gasteiger partial charge >= 0.3 is 0 Å². The Kier molecular flexibility index (Phi) is 4.33. The van der Waals surface area contributed by atoms with Gasteiger partial charge in [-0.05, 0) is 24.3 Å². The summed E-state index contributed by atoms with van der Waals surface area (Å²) in [6, 6.07) is 10.8. The Morgan fingerprint density at radius 3 is 2.67 bits per heavy atom. The lowest BCUT2D eigenvalue weighted by Gasteiger charge is -2.21. The van der Waals surface area contributed by atoms with E-state index >= 15 is 0 Å². The number of hydrogen-bond donors (Lipinski definition) is 1. The Hall–Kier alpha value is -3.09. The van der Waals surface area contributed by atoms with E-state index in [0.717, 1.165) is 4.90 Å². The van der Waals surface area contributed by atoms with E-state index in [1.165, 1.54) is 25.1 Å². The van der Waals surface area contributed by atoms with E-state index in [1.807, 2.05) is 0 Å². The molecule has 24 heavy (non-hydrogen) atoms. The lowest BCUT2D eigenvalue weighted by molar-refractivity contribution is -0.120. The van der Waals surface area contributed by atoms with Crippen molar-refractivity contribution in [2.45, 2.75) is 6.92 Å². The standard InChI is InChI=1S/C17H15FN2O4/c1-11(21)20(14-5-3-2-4-13(14)18)9-17(22)19-12-6-7-15-16(8-12)24-10-23-15/h2-8H,9-10H2,1H3,(H,19,22). The van der Waals surface area contributed by atoms with Crippen LogP contribution < -0.4 is 19.7 Å². The number of amides is 2. The zero-order chi connectivity index (χ0) is 17.1. The molecule has 0 radical (unpaired) electrons. The van der Waals surface area contributed by atoms with Crippen LogP contribution in [0.15, 0.2) is 42.5 Å². The summed E-state index contributed by atoms with van der Waals surface area (Å²) in [6.07, 6.45) is 0. The first-order valence-corrected chi connectivity index (χ1v) is 7.27. The Balaban J connectivity index is 1.72. The van der Waals surface area contributed by atoms with Crippen molar-refractivity contribution in [3.05, 3.63) is 48.3 Å². The number of anilines is 2. The minimum Gasteiger partial charge on any atom is -0.454 e. The van der Waals surface area contributed by atoms with Crippen LogP contribution in [0, 0.1) is 5.82 Å². The molecule has 0 spiro atoms. The normalized spacial score (nSPS) is 11.9. The summed E-state index contributed by atoms with van der Waals surface area (Å²) in [5.41, 5.74) is 0.562. The third-order valence-corrected chi connectivity index (χ3v) is 3.48. The maximum atomic E-state index is 13.9. The van der Waals surface area contributed by atoms with Crippen LogP contribution in [0.4, 0.5) is 15.8 Å². The fourth-order valence-corrected chi connectivity index (χ4v) is 2.36. The van der Waals surface area contributed by atoms with Gasteiger partial charge in [0.15, 0.2) is 11.5 Å². The van der Waals surface area contributed by atoms with Gasteiger partial charge in [-0.15, -0.1) is 0 Å². The first-order chi connectivity index (χ1) is 11.5. The Bertz CT molecular complexity index is 794. The van der Waals surface area contributed by atoms with E-state index in [1.54, 1.807) is 24.3 Å². The first kappa shape index (κ1) is 15.8. The van der Waals surface area contributed by atoms with Crippen LogP contribution in [0.2, 0.25) is 0 Å². The molecule has 1 aliphatic heterocycles. The van der Waals surface area contributed by atoms with E-state index in [-0.39, 0.29) is 19.0 Å². The number of ether oxygens (including phenoxy) is 2. The molecule has 3 rings (SSSR count). The summed E-state index contributed by atoms with van der Waals surface area (Å²) >= 11 is 0. The highest BCUT2D eigenvalue weighted by atomic mass is 19.1. The highest BCUT2D eigenvalue weighted by molar-refractivity contribution is 6.02. The molecule has 0 unspecified atom stereocenters. The van der Waals surface area contributed by atoms with Gasteiger partial charge < -0.3 is 19.7 Å². The van der Waals surface area contributed by atoms with E-state index in [9.17, 15) is 14.0 Å². The number of nitrogens with zero attached hydrogens (tertiary/aromatic N) is 1. The topological polar surface area (TPSA) is 67.9 Å². The number of carbonyl (C=O) groups is 2. The molecule has 0 saturated carbocycles. The van der Waals surface area contributed by atoms with Gasteiger partial charge in [0.2, 0.25) is 18.6 Å². The number of para-hydroxylation sites is 1. The zero-order valence-corrected chi connectivity index (χ0v) is 12.9. The second kappa shape index (κ2) is 6.57. The van der Waals surface area contributed by atoms with Gasteiger partial charge in [0, 0.05) is 18.7 Å². The van der Waals surface area contributed by atoms with Gasteiger partial charge in [0.1, 0.15) is 12.4 Å². The number of nitrogens with one attached hydrogen (secondary N) is 1. The highest BCUT2D eigenvalue weighted by Gasteiger charge is 2.20. The largest absolute Gasteiger partial charge is 0.454 e. The molecule has 2 amide bonds. The van der Waals surface area contributed by atoms with Gasteiger partial charge in [0.05, 0.1) is 5.69 Å². The van der Waals surface area contributed by atoms with E-state index in [0.29, 0.717) is 17.2 Å². The summed E-state index contributed by atoms with van der Waals surface area (Å²) in [5.74, 6) is -0.313. The van der Waals surface area contributed by atoms with Crippen LogP contribution in [-0.4, -0.2) is 25.2 Å². The van der Waals surface area contributed by atoms with E-state index in [4.69, 9.17) is 9.47 Å². The molecule has 0 aromatic heterocycles. The molecule has 0 atom stereocenters. The minimum atomic E-state index is -0.566. The van der Waals surface area contributed by atoms with Crippen molar-refractivity contribution in [1.29, 1.82) is 0 Å². The van der Waals surface area contributed by atoms with Crippen LogP contribution in [-0.2, 0) is 9.59 Å². The van der Waals surface area contributed by atoms with Gasteiger partial charge in [-0.2, -0.15) is 0 Å². The maximum Gasteiger partial charge on any atom is 0.244 e. The number of fused-ring (bicyclic) bond motifs is 1. The Morgan fingerprint density at radius 2 is 1.92 bits per heavy atom. The molecule has 2 aromatic carbocycles. The third-order valence-electron chi connectivity index (χ3n) is 3.48. The first-order valence-electron chi connectivity index (χ1n) is 7.27. The van der Waals surface area contributed by atoms with Crippen LogP contribution in [0.25, 0.3) is 0 Å². The van der Waals surface area contributed by atoms with Gasteiger partial charge in [-0.3, -0.25) is 9.59 Å². The SMILES string of the molecule is CC(=O)N(CC(=O)Nc1ccc2c(c1)OCO2)c1ccccc1F. The predicted molar refractivity (Wildman–Crippen MR) is 85.6 cm³/mol. The quantitative estimate of drug-likeness (QED) is 0.935. The summed E-state index contributed by atoms with van der Waals surface area (Å²) < 4.78 is 24.3. The molecular weight excluding hydrogens is 315 g/mol. The summed E-state index contributed by atoms with van der Waals surface area (Å²) in [6.45, 7) is 1.11. The second-order valence-electron chi connectivity index (χ2n) is 5.17. The Labute approximate surface area is 137 Å². The van der Waals surface area contributed by atoms with Crippen LogP contribution in [0.3, 0.4) is 0 Å². The van der Waals surface area contributed by atoms with Crippen LogP contribution in [0.1, 0.15) is 6.92 Å². The van der Waals surface area contributed by atoms with E-state index < -0.39 is 17.6 Å². The second-order valence-corrected chi connectivity index (χ2v) is 5.17. The number of carbonyl (C=O) groups excluding carboxylic acids is 2. The molecule has 0 aliphatic carbocycles. The van der Waals surface area contributed by atoms with Crippen LogP contribution in [0.5, 0.6) is 11.5 Å². The zero-order valence-electron chi connectivity index (χ0n) is 12.9. The molecule has 1 heterocycles. The third kappa shape index (κ3) is 3.29. The maximum absolute atomic E-state index is 13.9. The molecule has 0 bridgehead atoms. The monoisotopic (exact) mass is 330 g/mol. The van der Waals surface area contributed by atoms with Crippen molar-refractivity contribution < 1.29 is 23.5 Å². The number of hydrogen-bond acceptors (Lipinski definition) is 4. The molecule has 2 aromatic rings. The summed E-state index contributed by atoms with van der Waals surface area (Å²) in [4.78, 5) is 25.1. The van der Waals surface area contributed by atoms with Crippen molar-refractivity contribution in [2.24, 2.45) is 0 Å². The molecule has 7 heteroatoms. The lowest BCUT2D eigenvalue weighted by atomic mass is 10.2. The molecule has 1 N–H and O–H groups in total. The van der Waals surface area contributed by atoms with E-state index in [2.05, 4.69) is 5.32 Å². The van der Waals surface area contributed by atoms with Crippen LogP contribution >= 0.6 is 0 Å². The number of rotatable bonds is 4. The molecule has 1 aliphatic rings. The Morgan fingerprint density at radius 1 is 1.17 bits per heavy atom. The highest BCUT2D eigenvalue weighted by Crippen LogP contribution is 2.34. The van der Waals surface area contributed by atoms with Gasteiger partial charge in [-0.1, -0.05) is 12.1 Å². The molecule has 0 fully saturated rings. The fraction of sp³-hybridized carbons (Fsp3) is 0.176. The predicted octanol–water partition coefficient (Wildman–Crippen LogP) is 2.55. The van der Waals surface area contributed by atoms with Crippen molar-refractivity contribution in [2.75, 3.05) is 23.6 Å². The van der Waals surface area contributed by atoms with Crippen molar-refractivity contribution in [1.82, 2.24) is 0 Å². The van der Waals surface area contributed by atoms with Gasteiger partial charge in [0.25, 0.3) is 0 Å². The van der Waals surface area contributed by atoms with Crippen molar-refractivity contribution >= 4 is 23.2 Å². The molecule has 6 nitrogen and oxygen atoms in total. The molecule has 0 saturated heterocycles.